The third-order valence-electron chi connectivity index (χ3n) is 5.67. The zero-order valence-electron chi connectivity index (χ0n) is 15.3. The summed E-state index contributed by atoms with van der Waals surface area (Å²) < 4.78 is 11.2. The molecule has 3 aliphatic rings. The molecule has 0 spiro atoms. The molecule has 0 N–H and O–H groups in total. The lowest BCUT2D eigenvalue weighted by Crippen LogP contribution is -2.41. The van der Waals surface area contributed by atoms with Crippen LogP contribution in [0.4, 0.5) is 0 Å². The molecule has 26 heavy (non-hydrogen) atoms. The Hall–Kier alpha value is -2.24. The van der Waals surface area contributed by atoms with Crippen LogP contribution < -0.4 is 9.47 Å². The minimum atomic E-state index is 0.0115. The van der Waals surface area contributed by atoms with E-state index in [-0.39, 0.29) is 17.7 Å². The van der Waals surface area contributed by atoms with Gasteiger partial charge in [-0.25, -0.2) is 0 Å². The number of hydrogen-bond donors (Lipinski definition) is 0. The van der Waals surface area contributed by atoms with E-state index in [9.17, 15) is 9.59 Å². The van der Waals surface area contributed by atoms with Crippen molar-refractivity contribution in [1.29, 1.82) is 0 Å². The zero-order chi connectivity index (χ0) is 18.1. The molecule has 0 unspecified atom stereocenters. The van der Waals surface area contributed by atoms with Gasteiger partial charge in [-0.2, -0.15) is 0 Å². The standard InChI is InChI=1S/C20H26N2O4/c1-14-12-17-18(26-11-10-25-17)13-16(14)20(24)22-7-3-6-21(8-9-22)19(23)15-4-2-5-15/h12-13,15H,2-11H2,1H3. The van der Waals surface area contributed by atoms with Gasteiger partial charge < -0.3 is 19.3 Å². The van der Waals surface area contributed by atoms with Gasteiger partial charge in [0, 0.05) is 37.7 Å². The second-order valence-corrected chi connectivity index (χ2v) is 7.41. The van der Waals surface area contributed by atoms with Gasteiger partial charge in [0.15, 0.2) is 11.5 Å². The van der Waals surface area contributed by atoms with Gasteiger partial charge in [0.1, 0.15) is 13.2 Å². The molecule has 2 aliphatic heterocycles. The maximum absolute atomic E-state index is 13.1. The topological polar surface area (TPSA) is 59.1 Å². The molecule has 1 aliphatic carbocycles. The van der Waals surface area contributed by atoms with Gasteiger partial charge in [-0.15, -0.1) is 0 Å². The molecular formula is C20H26N2O4. The molecule has 2 fully saturated rings. The van der Waals surface area contributed by atoms with Crippen molar-refractivity contribution in [2.75, 3.05) is 39.4 Å². The Kier molecular flexibility index (Phi) is 4.74. The van der Waals surface area contributed by atoms with Gasteiger partial charge in [0.05, 0.1) is 0 Å². The smallest absolute Gasteiger partial charge is 0.254 e. The molecule has 6 heteroatoms. The van der Waals surface area contributed by atoms with Gasteiger partial charge in [0.25, 0.3) is 5.91 Å². The minimum absolute atomic E-state index is 0.0115. The summed E-state index contributed by atoms with van der Waals surface area (Å²) in [5.74, 6) is 1.86. The average Bonchev–Trinajstić information content (AvgIpc) is 2.85. The Bertz CT molecular complexity index is 714. The molecular weight excluding hydrogens is 332 g/mol. The van der Waals surface area contributed by atoms with Crippen molar-refractivity contribution in [3.8, 4) is 11.5 Å². The highest BCUT2D eigenvalue weighted by Crippen LogP contribution is 2.33. The van der Waals surface area contributed by atoms with E-state index in [0.717, 1.165) is 37.8 Å². The van der Waals surface area contributed by atoms with Crippen molar-refractivity contribution in [2.24, 2.45) is 5.92 Å². The van der Waals surface area contributed by atoms with E-state index in [0.29, 0.717) is 49.9 Å². The molecule has 1 saturated carbocycles. The van der Waals surface area contributed by atoms with E-state index in [4.69, 9.17) is 9.47 Å². The lowest BCUT2D eigenvalue weighted by molar-refractivity contribution is -0.138. The molecule has 0 bridgehead atoms. The molecule has 0 atom stereocenters. The van der Waals surface area contributed by atoms with Gasteiger partial charge >= 0.3 is 0 Å². The predicted octanol–water partition coefficient (Wildman–Crippen LogP) is 2.24. The van der Waals surface area contributed by atoms with Crippen molar-refractivity contribution in [3.05, 3.63) is 23.3 Å². The molecule has 1 aromatic rings. The van der Waals surface area contributed by atoms with Gasteiger partial charge in [0.2, 0.25) is 5.91 Å². The van der Waals surface area contributed by atoms with E-state index in [1.807, 2.05) is 22.8 Å². The van der Waals surface area contributed by atoms with Gasteiger partial charge in [-0.1, -0.05) is 6.42 Å². The number of ether oxygens (including phenoxy) is 2. The normalized spacial score (nSPS) is 20.3. The van der Waals surface area contributed by atoms with Crippen molar-refractivity contribution in [3.63, 3.8) is 0 Å². The Morgan fingerprint density at radius 2 is 1.58 bits per heavy atom. The number of amides is 2. The Labute approximate surface area is 154 Å². The summed E-state index contributed by atoms with van der Waals surface area (Å²) in [7, 11) is 0. The lowest BCUT2D eigenvalue weighted by atomic mass is 9.84. The van der Waals surface area contributed by atoms with Crippen molar-refractivity contribution in [2.45, 2.75) is 32.6 Å². The monoisotopic (exact) mass is 358 g/mol. The number of aryl methyl sites for hydroxylation is 1. The largest absolute Gasteiger partial charge is 0.486 e. The first kappa shape index (κ1) is 17.2. The first-order valence-corrected chi connectivity index (χ1v) is 9.62. The lowest BCUT2D eigenvalue weighted by Gasteiger charge is -2.31. The number of hydrogen-bond acceptors (Lipinski definition) is 4. The highest BCUT2D eigenvalue weighted by Gasteiger charge is 2.31. The maximum Gasteiger partial charge on any atom is 0.254 e. The second-order valence-electron chi connectivity index (χ2n) is 7.41. The molecule has 2 heterocycles. The van der Waals surface area contributed by atoms with Crippen molar-refractivity contribution >= 4 is 11.8 Å². The number of fused-ring (bicyclic) bond motifs is 1. The van der Waals surface area contributed by atoms with Crippen LogP contribution in [-0.4, -0.2) is 61.0 Å². The average molecular weight is 358 g/mol. The number of nitrogens with zero attached hydrogens (tertiary/aromatic N) is 2. The number of benzene rings is 1. The predicted molar refractivity (Wildman–Crippen MR) is 96.6 cm³/mol. The van der Waals surface area contributed by atoms with Crippen molar-refractivity contribution < 1.29 is 19.1 Å². The van der Waals surface area contributed by atoms with E-state index >= 15 is 0 Å². The summed E-state index contributed by atoms with van der Waals surface area (Å²) in [4.78, 5) is 29.4. The van der Waals surface area contributed by atoms with Crippen LogP contribution in [0.3, 0.4) is 0 Å². The summed E-state index contributed by atoms with van der Waals surface area (Å²) in [6.07, 6.45) is 4.04. The summed E-state index contributed by atoms with van der Waals surface area (Å²) in [6, 6.07) is 3.68. The van der Waals surface area contributed by atoms with Crippen LogP contribution >= 0.6 is 0 Å². The van der Waals surface area contributed by atoms with Crippen LogP contribution in [0.15, 0.2) is 12.1 Å². The molecule has 1 saturated heterocycles. The fraction of sp³-hybridized carbons (Fsp3) is 0.600. The Morgan fingerprint density at radius 3 is 2.27 bits per heavy atom. The first-order valence-electron chi connectivity index (χ1n) is 9.62. The van der Waals surface area contributed by atoms with Crippen LogP contribution in [-0.2, 0) is 4.79 Å². The molecule has 2 amide bonds. The van der Waals surface area contributed by atoms with Crippen LogP contribution in [0, 0.1) is 12.8 Å². The molecule has 1 aromatic carbocycles. The summed E-state index contributed by atoms with van der Waals surface area (Å²) in [5.41, 5.74) is 1.55. The van der Waals surface area contributed by atoms with Crippen LogP contribution in [0.25, 0.3) is 0 Å². The van der Waals surface area contributed by atoms with Crippen LogP contribution in [0.5, 0.6) is 11.5 Å². The van der Waals surface area contributed by atoms with Crippen molar-refractivity contribution in [1.82, 2.24) is 9.80 Å². The van der Waals surface area contributed by atoms with Crippen LogP contribution in [0.2, 0.25) is 0 Å². The third kappa shape index (κ3) is 3.24. The maximum atomic E-state index is 13.1. The van der Waals surface area contributed by atoms with E-state index < -0.39 is 0 Å². The van der Waals surface area contributed by atoms with Gasteiger partial charge in [-0.3, -0.25) is 9.59 Å². The van der Waals surface area contributed by atoms with E-state index in [2.05, 4.69) is 0 Å². The number of carbonyl (C=O) groups excluding carboxylic acids is 2. The highest BCUT2D eigenvalue weighted by atomic mass is 16.6. The fourth-order valence-electron chi connectivity index (χ4n) is 3.85. The second kappa shape index (κ2) is 7.17. The molecule has 140 valence electrons. The minimum Gasteiger partial charge on any atom is -0.486 e. The fourth-order valence-corrected chi connectivity index (χ4v) is 3.85. The highest BCUT2D eigenvalue weighted by molar-refractivity contribution is 5.96. The molecule has 0 aromatic heterocycles. The van der Waals surface area contributed by atoms with E-state index in [1.165, 1.54) is 0 Å². The summed E-state index contributed by atoms with van der Waals surface area (Å²) in [5, 5.41) is 0. The summed E-state index contributed by atoms with van der Waals surface area (Å²) in [6.45, 7) is 5.62. The van der Waals surface area contributed by atoms with Gasteiger partial charge in [-0.05, 0) is 43.9 Å². The number of rotatable bonds is 2. The van der Waals surface area contributed by atoms with Crippen LogP contribution in [0.1, 0.15) is 41.6 Å². The molecule has 4 rings (SSSR count). The SMILES string of the molecule is Cc1cc2c(cc1C(=O)N1CCCN(C(=O)C3CCC3)CC1)OCCO2. The number of carbonyl (C=O) groups is 2. The van der Waals surface area contributed by atoms with E-state index in [1.54, 1.807) is 6.07 Å². The summed E-state index contributed by atoms with van der Waals surface area (Å²) >= 11 is 0. The molecule has 6 nitrogen and oxygen atoms in total. The zero-order valence-corrected chi connectivity index (χ0v) is 15.3. The Morgan fingerprint density at radius 1 is 0.923 bits per heavy atom. The molecule has 0 radical (unpaired) electrons. The first-order chi connectivity index (χ1) is 12.6. The Balaban J connectivity index is 1.46. The third-order valence-corrected chi connectivity index (χ3v) is 5.67. The quantitative estimate of drug-likeness (QED) is 0.814.